The van der Waals surface area contributed by atoms with Gasteiger partial charge < -0.3 is 25.4 Å². The molecule has 0 amide bonds. The highest BCUT2D eigenvalue weighted by Crippen LogP contribution is 2.27. The Morgan fingerprint density at radius 1 is 0.800 bits per heavy atom. The maximum atomic E-state index is 11.8. The minimum atomic E-state index is -0.0904. The molecule has 3 aliphatic heterocycles. The van der Waals surface area contributed by atoms with E-state index in [9.17, 15) is 9.59 Å². The van der Waals surface area contributed by atoms with E-state index in [2.05, 4.69) is 45.3 Å². The van der Waals surface area contributed by atoms with Gasteiger partial charge in [0.25, 0.3) is 0 Å². The number of unbranched alkanes of at least 4 members (excludes halogenated alkanes) is 5. The normalized spacial score (nSPS) is 20.2. The number of rotatable bonds is 17. The maximum Gasteiger partial charge on any atom is 0.325 e. The number of piperazine rings is 1. The van der Waals surface area contributed by atoms with Crippen molar-refractivity contribution >= 4 is 11.9 Å². The molecule has 0 aromatic heterocycles. The second-order valence-corrected chi connectivity index (χ2v) is 14.3. The fraction of sp³-hybridized carbons (Fsp3) is 0.944. The summed E-state index contributed by atoms with van der Waals surface area (Å²) in [6, 6.07) is 0.675. The lowest BCUT2D eigenvalue weighted by molar-refractivity contribution is -0.195. The smallest absolute Gasteiger partial charge is 0.325 e. The third-order valence-corrected chi connectivity index (χ3v) is 9.17. The summed E-state index contributed by atoms with van der Waals surface area (Å²) >= 11 is 0. The molecule has 0 bridgehead atoms. The molecule has 9 heteroatoms. The number of aliphatic hydroxyl groups excluding tert-OH is 1. The number of carbonyl (C=O) groups excluding carboxylic acids is 2. The highest BCUT2D eigenvalue weighted by Gasteiger charge is 2.16. The topological polar surface area (TPSA) is 103 Å². The lowest BCUT2D eigenvalue weighted by Gasteiger charge is -2.24. The van der Waals surface area contributed by atoms with Crippen molar-refractivity contribution in [1.29, 1.82) is 0 Å². The highest BCUT2D eigenvalue weighted by molar-refractivity contribution is 5.69. The Morgan fingerprint density at radius 3 is 1.67 bits per heavy atom. The Balaban J connectivity index is 0.000000436. The number of hydroxylamine groups is 4. The highest BCUT2D eigenvalue weighted by atomic mass is 16.7. The first-order chi connectivity index (χ1) is 21.6. The van der Waals surface area contributed by atoms with Crippen molar-refractivity contribution in [1.82, 2.24) is 20.8 Å². The molecule has 0 saturated carbocycles. The molecule has 0 radical (unpaired) electrons. The molecule has 45 heavy (non-hydrogen) atoms. The fourth-order valence-corrected chi connectivity index (χ4v) is 5.53. The van der Waals surface area contributed by atoms with Crippen molar-refractivity contribution in [3.63, 3.8) is 0 Å². The lowest BCUT2D eigenvalue weighted by atomic mass is 9.84. The van der Waals surface area contributed by atoms with Crippen LogP contribution in [0.1, 0.15) is 150 Å². The van der Waals surface area contributed by atoms with Gasteiger partial charge >= 0.3 is 11.9 Å². The molecule has 2 atom stereocenters. The minimum absolute atomic E-state index is 0.0904. The molecule has 0 spiro atoms. The van der Waals surface area contributed by atoms with Crippen LogP contribution in [0.2, 0.25) is 0 Å². The Morgan fingerprint density at radius 2 is 1.29 bits per heavy atom. The van der Waals surface area contributed by atoms with Crippen LogP contribution in [-0.4, -0.2) is 85.6 Å². The van der Waals surface area contributed by atoms with E-state index in [1.165, 1.54) is 38.5 Å². The van der Waals surface area contributed by atoms with Gasteiger partial charge in [0.2, 0.25) is 0 Å². The summed E-state index contributed by atoms with van der Waals surface area (Å²) in [5.74, 6) is 0.303. The molecular weight excluding hydrogens is 568 g/mol. The van der Waals surface area contributed by atoms with Gasteiger partial charge in [0.05, 0.1) is 0 Å². The summed E-state index contributed by atoms with van der Waals surface area (Å²) in [7, 11) is 0. The zero-order valence-corrected chi connectivity index (χ0v) is 30.0. The summed E-state index contributed by atoms with van der Waals surface area (Å²) in [6.45, 7) is 18.4. The van der Waals surface area contributed by atoms with Crippen molar-refractivity contribution in [2.45, 2.75) is 156 Å². The zero-order valence-electron chi connectivity index (χ0n) is 30.0. The average molecular weight is 641 g/mol. The van der Waals surface area contributed by atoms with Gasteiger partial charge in [-0.05, 0) is 69.6 Å². The Hall–Kier alpha value is -1.26. The van der Waals surface area contributed by atoms with E-state index in [1.807, 2.05) is 10.1 Å². The molecule has 0 aromatic rings. The molecule has 3 rings (SSSR count). The number of nitrogens with one attached hydrogen (secondary N) is 2. The Labute approximate surface area is 276 Å². The first kappa shape index (κ1) is 41.8. The molecule has 9 nitrogen and oxygen atoms in total. The first-order valence-electron chi connectivity index (χ1n) is 18.6. The second kappa shape index (κ2) is 26.8. The summed E-state index contributed by atoms with van der Waals surface area (Å²) < 4.78 is 0. The maximum absolute atomic E-state index is 11.8. The van der Waals surface area contributed by atoms with Gasteiger partial charge in [-0.2, -0.15) is 0 Å². The van der Waals surface area contributed by atoms with E-state index < -0.39 is 0 Å². The average Bonchev–Trinajstić information content (AvgIpc) is 3.04. The van der Waals surface area contributed by atoms with Crippen molar-refractivity contribution in [3.8, 4) is 0 Å². The molecule has 3 heterocycles. The number of hydrogen-bond acceptors (Lipinski definition) is 9. The van der Waals surface area contributed by atoms with E-state index in [4.69, 9.17) is 14.8 Å². The zero-order chi connectivity index (χ0) is 33.2. The molecule has 0 aromatic carbocycles. The van der Waals surface area contributed by atoms with E-state index in [1.54, 1.807) is 0 Å². The molecule has 3 saturated heterocycles. The van der Waals surface area contributed by atoms with Crippen molar-refractivity contribution in [2.75, 3.05) is 52.4 Å². The van der Waals surface area contributed by atoms with Gasteiger partial charge in [0.1, 0.15) is 0 Å². The van der Waals surface area contributed by atoms with Gasteiger partial charge in [-0.25, -0.2) is 0 Å². The monoisotopic (exact) mass is 641 g/mol. The van der Waals surface area contributed by atoms with Crippen LogP contribution in [0.5, 0.6) is 0 Å². The fourth-order valence-electron chi connectivity index (χ4n) is 5.53. The first-order valence-corrected chi connectivity index (χ1v) is 18.6. The van der Waals surface area contributed by atoms with Crippen molar-refractivity contribution < 1.29 is 24.4 Å². The second-order valence-electron chi connectivity index (χ2n) is 14.3. The van der Waals surface area contributed by atoms with Crippen LogP contribution in [0.25, 0.3) is 0 Å². The lowest BCUT2D eigenvalue weighted by Crippen LogP contribution is -2.46. The van der Waals surface area contributed by atoms with E-state index in [0.29, 0.717) is 36.8 Å². The number of piperidine rings is 2. The summed E-state index contributed by atoms with van der Waals surface area (Å²) in [6.07, 6.45) is 19.1. The molecule has 266 valence electrons. The van der Waals surface area contributed by atoms with E-state index in [0.717, 1.165) is 110 Å². The van der Waals surface area contributed by atoms with Gasteiger partial charge in [-0.3, -0.25) is 9.59 Å². The largest absolute Gasteiger partial charge is 0.396 e. The third kappa shape index (κ3) is 24.6. The molecule has 2 unspecified atom stereocenters. The number of aliphatic hydroxyl groups is 1. The van der Waals surface area contributed by atoms with Crippen LogP contribution in [0.3, 0.4) is 0 Å². The van der Waals surface area contributed by atoms with Crippen molar-refractivity contribution in [2.24, 2.45) is 11.3 Å². The van der Waals surface area contributed by atoms with Gasteiger partial charge in [-0.15, -0.1) is 10.1 Å². The van der Waals surface area contributed by atoms with Gasteiger partial charge in [0, 0.05) is 71.3 Å². The van der Waals surface area contributed by atoms with Crippen molar-refractivity contribution in [3.05, 3.63) is 0 Å². The van der Waals surface area contributed by atoms with Crippen LogP contribution >= 0.6 is 0 Å². The number of carbonyl (C=O) groups is 2. The van der Waals surface area contributed by atoms with E-state index in [-0.39, 0.29) is 11.9 Å². The van der Waals surface area contributed by atoms with Crippen LogP contribution in [0, 0.1) is 11.3 Å². The summed E-state index contributed by atoms with van der Waals surface area (Å²) in [5, 5.41) is 19.0. The van der Waals surface area contributed by atoms with Crippen LogP contribution in [-0.2, 0) is 19.3 Å². The number of nitrogens with zero attached hydrogens (tertiary/aromatic N) is 2. The Kier molecular flexibility index (Phi) is 24.8. The third-order valence-electron chi connectivity index (χ3n) is 9.17. The standard InChI is InChI=1S/C20H36N2O4.C11H24O.C5H12N2/c23-19(25-21-15-9-5-10-16-21)13-7-3-1-2-4-8-14-20(24)26-22-17-11-6-12-18-22;1-5-11(3,4)8-6-7-10(2)9-12;1-5-4-6-2-3-7-5/h1-18H2;10,12H,5-9H2,1-4H3;5-7H,2-4H2,1H3. The molecular formula is C36H72N4O5. The Bertz CT molecular complexity index is 682. The number of hydrogen-bond donors (Lipinski definition) is 3. The van der Waals surface area contributed by atoms with E-state index >= 15 is 0 Å². The SMILES string of the molecule is CC1CNCCN1.CCC(C)(C)CCCC(C)CO.O=C(CCCCCCCCC(=O)ON1CCCCC1)ON1CCCCC1. The summed E-state index contributed by atoms with van der Waals surface area (Å²) in [4.78, 5) is 34.3. The van der Waals surface area contributed by atoms with Crippen LogP contribution in [0.15, 0.2) is 0 Å². The molecule has 3 N–H and O–H groups in total. The predicted molar refractivity (Wildman–Crippen MR) is 184 cm³/mol. The molecule has 0 aliphatic carbocycles. The van der Waals surface area contributed by atoms with Crippen LogP contribution in [0.4, 0.5) is 0 Å². The van der Waals surface area contributed by atoms with Gasteiger partial charge in [0.15, 0.2) is 0 Å². The van der Waals surface area contributed by atoms with Crippen LogP contribution < -0.4 is 10.6 Å². The molecule has 3 fully saturated rings. The molecule has 3 aliphatic rings. The summed E-state index contributed by atoms with van der Waals surface area (Å²) in [5.41, 5.74) is 0.495. The predicted octanol–water partition coefficient (Wildman–Crippen LogP) is 6.78. The van der Waals surface area contributed by atoms with Gasteiger partial charge in [-0.1, -0.05) is 79.1 Å². The minimum Gasteiger partial charge on any atom is -0.396 e. The quantitative estimate of drug-likeness (QED) is 0.148.